The van der Waals surface area contributed by atoms with Crippen LogP contribution >= 0.6 is 0 Å². The summed E-state index contributed by atoms with van der Waals surface area (Å²) in [4.78, 5) is 32.8. The lowest BCUT2D eigenvalue weighted by Gasteiger charge is -2.35. The Morgan fingerprint density at radius 3 is 2.48 bits per heavy atom. The van der Waals surface area contributed by atoms with Crippen molar-refractivity contribution in [2.24, 2.45) is 0 Å². The summed E-state index contributed by atoms with van der Waals surface area (Å²) >= 11 is 0. The van der Waals surface area contributed by atoms with Crippen LogP contribution in [0.25, 0.3) is 0 Å². The van der Waals surface area contributed by atoms with E-state index in [2.05, 4.69) is 10.1 Å². The second-order valence-electron chi connectivity index (χ2n) is 7.16. The summed E-state index contributed by atoms with van der Waals surface area (Å²) in [6, 6.07) is 6.97. The van der Waals surface area contributed by atoms with E-state index >= 15 is 0 Å². The zero-order valence-corrected chi connectivity index (χ0v) is 16.4. The maximum Gasteiger partial charge on any atom is 0.253 e. The Hall–Kier alpha value is -2.94. The van der Waals surface area contributed by atoms with Gasteiger partial charge in [-0.15, -0.1) is 0 Å². The van der Waals surface area contributed by atoms with Gasteiger partial charge in [-0.1, -0.05) is 5.16 Å². The molecule has 2 aromatic rings. The molecule has 2 aliphatic heterocycles. The number of carbonyl (C=O) groups excluding carboxylic acids is 2. The fraction of sp³-hybridized carbons (Fsp3) is 0.500. The number of amides is 2. The van der Waals surface area contributed by atoms with Gasteiger partial charge in [0.05, 0.1) is 0 Å². The van der Waals surface area contributed by atoms with E-state index in [-0.39, 0.29) is 24.5 Å². The van der Waals surface area contributed by atoms with Gasteiger partial charge >= 0.3 is 0 Å². The van der Waals surface area contributed by atoms with Gasteiger partial charge in [0.25, 0.3) is 11.8 Å². The number of aryl methyl sites for hydroxylation is 1. The average molecular weight is 400 g/mol. The van der Waals surface area contributed by atoms with Crippen LogP contribution in [-0.2, 0) is 16.1 Å². The van der Waals surface area contributed by atoms with Crippen molar-refractivity contribution in [2.45, 2.75) is 32.5 Å². The van der Waals surface area contributed by atoms with Crippen LogP contribution in [0.1, 0.15) is 34.9 Å². The first-order chi connectivity index (χ1) is 14.1. The summed E-state index contributed by atoms with van der Waals surface area (Å²) in [6.07, 6.45) is 1.42. The predicted octanol–water partition coefficient (Wildman–Crippen LogP) is 1.42. The summed E-state index contributed by atoms with van der Waals surface area (Å²) in [6.45, 7) is 4.69. The third-order valence-electron chi connectivity index (χ3n) is 5.12. The third-order valence-corrected chi connectivity index (χ3v) is 5.12. The smallest absolute Gasteiger partial charge is 0.253 e. The van der Waals surface area contributed by atoms with Crippen LogP contribution in [-0.4, -0.2) is 70.6 Å². The van der Waals surface area contributed by atoms with E-state index in [9.17, 15) is 9.59 Å². The van der Waals surface area contributed by atoms with E-state index in [1.54, 1.807) is 41.0 Å². The van der Waals surface area contributed by atoms with E-state index in [1.165, 1.54) is 0 Å². The van der Waals surface area contributed by atoms with Gasteiger partial charge in [-0.3, -0.25) is 9.59 Å². The number of ether oxygens (including phenoxy) is 2. The van der Waals surface area contributed by atoms with Crippen molar-refractivity contribution in [3.8, 4) is 5.75 Å². The molecule has 2 aliphatic rings. The van der Waals surface area contributed by atoms with E-state index in [0.717, 1.165) is 12.8 Å². The maximum absolute atomic E-state index is 12.8. The van der Waals surface area contributed by atoms with Crippen molar-refractivity contribution in [3.05, 3.63) is 41.5 Å². The monoisotopic (exact) mass is 400 g/mol. The molecule has 3 heterocycles. The van der Waals surface area contributed by atoms with E-state index in [0.29, 0.717) is 55.8 Å². The van der Waals surface area contributed by atoms with Crippen molar-refractivity contribution in [2.75, 3.05) is 32.8 Å². The molecule has 2 saturated heterocycles. The molecule has 0 bridgehead atoms. The average Bonchev–Trinajstić information content (AvgIpc) is 3.44. The van der Waals surface area contributed by atoms with Gasteiger partial charge in [-0.05, 0) is 37.1 Å². The lowest BCUT2D eigenvalue weighted by molar-refractivity contribution is -0.142. The van der Waals surface area contributed by atoms with Gasteiger partial charge < -0.3 is 23.8 Å². The lowest BCUT2D eigenvalue weighted by atomic mass is 10.1. The molecule has 0 N–H and O–H groups in total. The van der Waals surface area contributed by atoms with Gasteiger partial charge in [-0.2, -0.15) is 4.98 Å². The number of hydrogen-bond donors (Lipinski definition) is 0. The van der Waals surface area contributed by atoms with Crippen LogP contribution in [0.15, 0.2) is 28.8 Å². The Morgan fingerprint density at radius 2 is 1.86 bits per heavy atom. The molecule has 1 unspecified atom stereocenters. The first-order valence-corrected chi connectivity index (χ1v) is 9.82. The molecule has 1 aromatic heterocycles. The Kier molecular flexibility index (Phi) is 5.75. The highest BCUT2D eigenvalue weighted by Gasteiger charge is 2.31. The standard InChI is InChI=1S/C20H24N4O5/c1-14-21-18(22-29-14)13-28-16-6-4-15(5-7-16)19(25)23-8-10-24(11-9-23)20(26)17-3-2-12-27-17/h4-7,17H,2-3,8-13H2,1H3. The number of piperazine rings is 1. The SMILES string of the molecule is Cc1nc(COc2ccc(C(=O)N3CCN(C(=O)C4CCCO4)CC3)cc2)no1. The first-order valence-electron chi connectivity index (χ1n) is 9.82. The Morgan fingerprint density at radius 1 is 1.14 bits per heavy atom. The molecular weight excluding hydrogens is 376 g/mol. The highest BCUT2D eigenvalue weighted by Crippen LogP contribution is 2.18. The highest BCUT2D eigenvalue weighted by atomic mass is 16.5. The van der Waals surface area contributed by atoms with Gasteiger partial charge in [0.2, 0.25) is 11.7 Å². The number of carbonyl (C=O) groups is 2. The van der Waals surface area contributed by atoms with Crippen molar-refractivity contribution in [3.63, 3.8) is 0 Å². The minimum Gasteiger partial charge on any atom is -0.485 e. The van der Waals surface area contributed by atoms with Crippen molar-refractivity contribution >= 4 is 11.8 Å². The molecule has 1 aromatic carbocycles. The minimum absolute atomic E-state index is 0.0467. The van der Waals surface area contributed by atoms with E-state index in [1.807, 2.05) is 0 Å². The normalized spacial score (nSPS) is 19.4. The summed E-state index contributed by atoms with van der Waals surface area (Å²) < 4.78 is 16.0. The molecule has 29 heavy (non-hydrogen) atoms. The van der Waals surface area contributed by atoms with Crippen molar-refractivity contribution < 1.29 is 23.6 Å². The summed E-state index contributed by atoms with van der Waals surface area (Å²) in [5.41, 5.74) is 0.589. The van der Waals surface area contributed by atoms with Crippen LogP contribution < -0.4 is 4.74 Å². The second kappa shape index (κ2) is 8.60. The number of rotatable bonds is 5. The molecular formula is C20H24N4O5. The zero-order valence-electron chi connectivity index (χ0n) is 16.4. The molecule has 154 valence electrons. The largest absolute Gasteiger partial charge is 0.485 e. The fourth-order valence-electron chi connectivity index (χ4n) is 3.53. The number of benzene rings is 1. The fourth-order valence-corrected chi connectivity index (χ4v) is 3.53. The molecule has 1 atom stereocenters. The molecule has 9 nitrogen and oxygen atoms in total. The zero-order chi connectivity index (χ0) is 20.2. The molecule has 2 fully saturated rings. The Bertz CT molecular complexity index is 852. The molecule has 0 spiro atoms. The molecule has 9 heteroatoms. The van der Waals surface area contributed by atoms with Crippen molar-refractivity contribution in [1.82, 2.24) is 19.9 Å². The van der Waals surface area contributed by atoms with E-state index < -0.39 is 0 Å². The van der Waals surface area contributed by atoms with Crippen LogP contribution in [0.5, 0.6) is 5.75 Å². The van der Waals surface area contributed by atoms with Crippen molar-refractivity contribution in [1.29, 1.82) is 0 Å². The third kappa shape index (κ3) is 4.56. The molecule has 4 rings (SSSR count). The van der Waals surface area contributed by atoms with Gasteiger partial charge in [-0.25, -0.2) is 0 Å². The second-order valence-corrected chi connectivity index (χ2v) is 7.16. The minimum atomic E-state index is -0.304. The molecule has 0 aliphatic carbocycles. The highest BCUT2D eigenvalue weighted by molar-refractivity contribution is 5.94. The van der Waals surface area contributed by atoms with Gasteiger partial charge in [0.1, 0.15) is 11.9 Å². The van der Waals surface area contributed by atoms with Crippen LogP contribution in [0.3, 0.4) is 0 Å². The first kappa shape index (κ1) is 19.4. The van der Waals surface area contributed by atoms with Gasteiger partial charge in [0.15, 0.2) is 6.61 Å². The Balaban J connectivity index is 1.27. The topological polar surface area (TPSA) is 98.0 Å². The predicted molar refractivity (Wildman–Crippen MR) is 101 cm³/mol. The Labute approximate surface area is 168 Å². The van der Waals surface area contributed by atoms with Crippen LogP contribution in [0.4, 0.5) is 0 Å². The lowest BCUT2D eigenvalue weighted by Crippen LogP contribution is -2.52. The summed E-state index contributed by atoms with van der Waals surface area (Å²) in [5.74, 6) is 1.58. The molecule has 0 radical (unpaired) electrons. The number of hydrogen-bond acceptors (Lipinski definition) is 7. The van der Waals surface area contributed by atoms with Crippen LogP contribution in [0.2, 0.25) is 0 Å². The quantitative estimate of drug-likeness (QED) is 0.749. The van der Waals surface area contributed by atoms with Crippen LogP contribution in [0, 0.1) is 6.92 Å². The van der Waals surface area contributed by atoms with Gasteiger partial charge in [0, 0.05) is 45.3 Å². The molecule has 2 amide bonds. The number of nitrogens with zero attached hydrogens (tertiary/aromatic N) is 4. The summed E-state index contributed by atoms with van der Waals surface area (Å²) in [5, 5.41) is 3.77. The maximum atomic E-state index is 12.8. The molecule has 0 saturated carbocycles. The van der Waals surface area contributed by atoms with E-state index in [4.69, 9.17) is 14.0 Å². The summed E-state index contributed by atoms with van der Waals surface area (Å²) in [7, 11) is 0. The number of aromatic nitrogens is 2.